The summed E-state index contributed by atoms with van der Waals surface area (Å²) in [6.45, 7) is 0. The second-order valence-electron chi connectivity index (χ2n) is 6.78. The molecule has 0 radical (unpaired) electrons. The highest BCUT2D eigenvalue weighted by atomic mass is 32.1. The van der Waals surface area contributed by atoms with E-state index in [1.54, 1.807) is 29.6 Å². The lowest BCUT2D eigenvalue weighted by molar-refractivity contribution is -0.384. The van der Waals surface area contributed by atoms with Gasteiger partial charge in [0.25, 0.3) is 11.6 Å². The normalized spacial score (nSPS) is 15.3. The molecule has 4 aromatic rings. The Hall–Kier alpha value is -4.05. The summed E-state index contributed by atoms with van der Waals surface area (Å²) >= 11 is 1.22. The molecule has 1 atom stereocenters. The van der Waals surface area contributed by atoms with E-state index in [2.05, 4.69) is 4.98 Å². The number of hydrogen-bond donors (Lipinski definition) is 0. The minimum atomic E-state index is -0.906. The average molecular weight is 435 g/mol. The number of anilines is 1. The minimum Gasteiger partial charge on any atom is -0.497 e. The number of fused-ring (bicyclic) bond motifs is 2. The van der Waals surface area contributed by atoms with Crippen LogP contribution in [0.3, 0.4) is 0 Å². The van der Waals surface area contributed by atoms with Crippen molar-refractivity contribution in [1.82, 2.24) is 4.98 Å². The molecule has 0 saturated carbocycles. The van der Waals surface area contributed by atoms with Gasteiger partial charge in [0.2, 0.25) is 5.76 Å². The summed E-state index contributed by atoms with van der Waals surface area (Å²) < 4.78 is 11.1. The molecule has 0 spiro atoms. The highest BCUT2D eigenvalue weighted by Gasteiger charge is 2.45. The summed E-state index contributed by atoms with van der Waals surface area (Å²) in [5.74, 6) is -0.172. The van der Waals surface area contributed by atoms with Gasteiger partial charge in [-0.25, -0.2) is 4.98 Å². The van der Waals surface area contributed by atoms with Gasteiger partial charge in [0.15, 0.2) is 10.6 Å². The average Bonchev–Trinajstić information content (AvgIpc) is 3.40. The van der Waals surface area contributed by atoms with Crippen molar-refractivity contribution in [3.05, 3.63) is 91.3 Å². The summed E-state index contributed by atoms with van der Waals surface area (Å²) in [5, 5.41) is 13.7. The number of thiazole rings is 1. The number of rotatable bonds is 4. The number of nitro groups is 1. The Morgan fingerprint density at radius 2 is 2.06 bits per heavy atom. The number of benzene rings is 2. The van der Waals surface area contributed by atoms with Crippen LogP contribution in [-0.4, -0.2) is 22.9 Å². The van der Waals surface area contributed by atoms with Crippen LogP contribution in [-0.2, 0) is 0 Å². The lowest BCUT2D eigenvalue weighted by Crippen LogP contribution is -2.29. The predicted molar refractivity (Wildman–Crippen MR) is 113 cm³/mol. The number of ether oxygens (including phenoxy) is 1. The first-order valence-corrected chi connectivity index (χ1v) is 9.99. The summed E-state index contributed by atoms with van der Waals surface area (Å²) in [5.41, 5.74) is 0.223. The second-order valence-corrected chi connectivity index (χ2v) is 7.65. The summed E-state index contributed by atoms with van der Waals surface area (Å²) in [6, 6.07) is 9.69. The van der Waals surface area contributed by atoms with E-state index >= 15 is 0 Å². The standard InChI is InChI=1S/C21H13N3O6S/c1-29-13-5-6-14-15(10-13)30-19-16(18(14)25)17(11-3-2-4-12(9-11)24(27)28)23(20(19)26)21-22-7-8-31-21/h2-10,17H,1H3/t17-/m0/s1. The van der Waals surface area contributed by atoms with Crippen molar-refractivity contribution in [2.24, 2.45) is 0 Å². The van der Waals surface area contributed by atoms with Crippen LogP contribution >= 0.6 is 11.3 Å². The maximum absolute atomic E-state index is 13.5. The molecule has 9 nitrogen and oxygen atoms in total. The molecule has 0 fully saturated rings. The molecule has 10 heteroatoms. The monoisotopic (exact) mass is 435 g/mol. The van der Waals surface area contributed by atoms with Gasteiger partial charge in [0, 0.05) is 29.8 Å². The largest absolute Gasteiger partial charge is 0.497 e. The van der Waals surface area contributed by atoms with E-state index < -0.39 is 16.9 Å². The Labute approximate surface area is 178 Å². The van der Waals surface area contributed by atoms with Gasteiger partial charge in [-0.3, -0.25) is 24.6 Å². The third-order valence-electron chi connectivity index (χ3n) is 5.10. The van der Waals surface area contributed by atoms with Crippen molar-refractivity contribution in [2.75, 3.05) is 12.0 Å². The van der Waals surface area contributed by atoms with E-state index in [4.69, 9.17) is 9.15 Å². The van der Waals surface area contributed by atoms with Gasteiger partial charge in [-0.15, -0.1) is 11.3 Å². The highest BCUT2D eigenvalue weighted by molar-refractivity contribution is 7.13. The maximum atomic E-state index is 13.5. The Morgan fingerprint density at radius 3 is 2.77 bits per heavy atom. The SMILES string of the molecule is COc1ccc2c(=O)c3c(oc2c1)C(=O)N(c1nccs1)[C@H]3c1cccc([N+](=O)[O-])c1. The number of carbonyl (C=O) groups is 1. The fourth-order valence-electron chi connectivity index (χ4n) is 3.73. The van der Waals surface area contributed by atoms with E-state index in [9.17, 15) is 19.7 Å². The first-order valence-electron chi connectivity index (χ1n) is 9.11. The fourth-order valence-corrected chi connectivity index (χ4v) is 4.40. The van der Waals surface area contributed by atoms with Crippen molar-refractivity contribution in [3.8, 4) is 5.75 Å². The number of carbonyl (C=O) groups excluding carboxylic acids is 1. The van der Waals surface area contributed by atoms with E-state index in [0.717, 1.165) is 0 Å². The highest BCUT2D eigenvalue weighted by Crippen LogP contribution is 2.42. The molecule has 0 unspecified atom stereocenters. The van der Waals surface area contributed by atoms with Gasteiger partial charge in [-0.05, 0) is 17.7 Å². The Bertz CT molecular complexity index is 1410. The molecule has 154 valence electrons. The Morgan fingerprint density at radius 1 is 1.23 bits per heavy atom. The quantitative estimate of drug-likeness (QED) is 0.352. The van der Waals surface area contributed by atoms with Crippen LogP contribution in [0, 0.1) is 10.1 Å². The number of non-ortho nitro benzene ring substituents is 1. The van der Waals surface area contributed by atoms with Crippen molar-refractivity contribution in [1.29, 1.82) is 0 Å². The Balaban J connectivity index is 1.81. The van der Waals surface area contributed by atoms with Gasteiger partial charge >= 0.3 is 0 Å². The van der Waals surface area contributed by atoms with Crippen molar-refractivity contribution in [3.63, 3.8) is 0 Å². The fraction of sp³-hybridized carbons (Fsp3) is 0.0952. The zero-order valence-electron chi connectivity index (χ0n) is 16.0. The minimum absolute atomic E-state index is 0.113. The van der Waals surface area contributed by atoms with E-state index in [-0.39, 0.29) is 33.4 Å². The number of nitro benzene ring substituents is 1. The molecule has 3 heterocycles. The lowest BCUT2D eigenvalue weighted by Gasteiger charge is -2.22. The molecule has 31 heavy (non-hydrogen) atoms. The summed E-state index contributed by atoms with van der Waals surface area (Å²) in [7, 11) is 1.49. The first-order chi connectivity index (χ1) is 15.0. The van der Waals surface area contributed by atoms with Crippen LogP contribution in [0.1, 0.15) is 27.7 Å². The summed E-state index contributed by atoms with van der Waals surface area (Å²) in [6.07, 6.45) is 1.54. The van der Waals surface area contributed by atoms with Crippen LogP contribution in [0.15, 0.2) is 63.3 Å². The van der Waals surface area contributed by atoms with Crippen LogP contribution in [0.25, 0.3) is 11.0 Å². The number of nitrogens with zero attached hydrogens (tertiary/aromatic N) is 3. The lowest BCUT2D eigenvalue weighted by atomic mass is 9.98. The van der Waals surface area contributed by atoms with Crippen LogP contribution in [0.4, 0.5) is 10.8 Å². The third-order valence-corrected chi connectivity index (χ3v) is 5.87. The molecule has 0 aliphatic carbocycles. The van der Waals surface area contributed by atoms with Gasteiger partial charge in [-0.2, -0.15) is 0 Å². The molecule has 2 aromatic carbocycles. The molecular weight excluding hydrogens is 422 g/mol. The molecule has 0 saturated heterocycles. The molecular formula is C21H13N3O6S. The number of amides is 1. The summed E-state index contributed by atoms with van der Waals surface area (Å²) in [4.78, 5) is 43.1. The Kier molecular flexibility index (Phi) is 4.29. The van der Waals surface area contributed by atoms with Gasteiger partial charge in [0.05, 0.1) is 29.0 Å². The topological polar surface area (TPSA) is 116 Å². The molecule has 0 N–H and O–H groups in total. The zero-order valence-corrected chi connectivity index (χ0v) is 16.8. The number of methoxy groups -OCH3 is 1. The van der Waals surface area contributed by atoms with E-state index in [0.29, 0.717) is 16.4 Å². The number of aromatic nitrogens is 1. The molecule has 1 aliphatic heterocycles. The van der Waals surface area contributed by atoms with Crippen LogP contribution in [0.5, 0.6) is 5.75 Å². The van der Waals surface area contributed by atoms with E-state index in [1.807, 2.05) is 0 Å². The van der Waals surface area contributed by atoms with Crippen LogP contribution in [0.2, 0.25) is 0 Å². The predicted octanol–water partition coefficient (Wildman–Crippen LogP) is 3.92. The third kappa shape index (κ3) is 2.88. The van der Waals surface area contributed by atoms with Crippen molar-refractivity contribution < 1.29 is 18.9 Å². The van der Waals surface area contributed by atoms with E-state index in [1.165, 1.54) is 47.7 Å². The van der Waals surface area contributed by atoms with Gasteiger partial charge in [-0.1, -0.05) is 12.1 Å². The molecule has 5 rings (SSSR count). The van der Waals surface area contributed by atoms with Crippen LogP contribution < -0.4 is 15.1 Å². The second kappa shape index (κ2) is 7.03. The van der Waals surface area contributed by atoms with Gasteiger partial charge in [0.1, 0.15) is 11.3 Å². The van der Waals surface area contributed by atoms with Crippen molar-refractivity contribution >= 4 is 39.0 Å². The molecule has 0 bridgehead atoms. The first kappa shape index (κ1) is 18.9. The maximum Gasteiger partial charge on any atom is 0.297 e. The van der Waals surface area contributed by atoms with Crippen molar-refractivity contribution in [2.45, 2.75) is 6.04 Å². The number of hydrogen-bond acceptors (Lipinski definition) is 8. The smallest absolute Gasteiger partial charge is 0.297 e. The molecule has 2 aromatic heterocycles. The molecule has 1 amide bonds. The molecule has 1 aliphatic rings. The van der Waals surface area contributed by atoms with Gasteiger partial charge < -0.3 is 9.15 Å². The zero-order chi connectivity index (χ0) is 21.7.